The van der Waals surface area contributed by atoms with E-state index in [-0.39, 0.29) is 17.2 Å². The highest BCUT2D eigenvalue weighted by Gasteiger charge is 2.20. The molecule has 0 bridgehead atoms. The smallest absolute Gasteiger partial charge is 0.212 e. The van der Waals surface area contributed by atoms with Crippen LogP contribution in [0.4, 0.5) is 0 Å². The molecule has 3 N–H and O–H groups in total. The van der Waals surface area contributed by atoms with Crippen LogP contribution in [0.25, 0.3) is 0 Å². The summed E-state index contributed by atoms with van der Waals surface area (Å²) < 4.78 is 25.5. The molecular weight excluding hydrogens is 200 g/mol. The van der Waals surface area contributed by atoms with Crippen molar-refractivity contribution in [3.8, 4) is 0 Å². The summed E-state index contributed by atoms with van der Waals surface area (Å²) in [7, 11) is -3.14. The van der Waals surface area contributed by atoms with Crippen molar-refractivity contribution in [3.63, 3.8) is 0 Å². The second kappa shape index (κ2) is 5.09. The van der Waals surface area contributed by atoms with Crippen LogP contribution in [0.1, 0.15) is 34.1 Å². The van der Waals surface area contributed by atoms with Gasteiger partial charge in [0.15, 0.2) is 0 Å². The van der Waals surface area contributed by atoms with E-state index < -0.39 is 10.0 Å². The van der Waals surface area contributed by atoms with Gasteiger partial charge < -0.3 is 5.73 Å². The van der Waals surface area contributed by atoms with Crippen molar-refractivity contribution in [3.05, 3.63) is 0 Å². The van der Waals surface area contributed by atoms with Gasteiger partial charge in [0.2, 0.25) is 10.0 Å². The van der Waals surface area contributed by atoms with E-state index in [0.29, 0.717) is 13.0 Å². The Bertz CT molecular complexity index is 252. The fourth-order valence-electron chi connectivity index (χ4n) is 1.06. The highest BCUT2D eigenvalue weighted by atomic mass is 32.2. The van der Waals surface area contributed by atoms with Crippen molar-refractivity contribution in [2.45, 2.75) is 40.2 Å². The van der Waals surface area contributed by atoms with Crippen molar-refractivity contribution in [2.75, 3.05) is 12.3 Å². The molecule has 0 saturated heterocycles. The first-order valence-electron chi connectivity index (χ1n) is 4.85. The molecule has 0 spiro atoms. The fraction of sp³-hybridized carbons (Fsp3) is 1.00. The van der Waals surface area contributed by atoms with Crippen LogP contribution in [-0.4, -0.2) is 26.8 Å². The predicted molar refractivity (Wildman–Crippen MR) is 59.5 cm³/mol. The lowest BCUT2D eigenvalue weighted by Crippen LogP contribution is -2.34. The number of hydrogen-bond acceptors (Lipinski definition) is 3. The third kappa shape index (κ3) is 8.47. The minimum atomic E-state index is -3.14. The molecule has 1 unspecified atom stereocenters. The first-order valence-corrected chi connectivity index (χ1v) is 6.50. The average Bonchev–Trinajstić information content (AvgIpc) is 1.78. The molecule has 0 rings (SSSR count). The zero-order valence-electron chi connectivity index (χ0n) is 9.50. The van der Waals surface area contributed by atoms with Gasteiger partial charge in [0.05, 0.1) is 5.75 Å². The predicted octanol–water partition coefficient (Wildman–Crippen LogP) is 0.689. The van der Waals surface area contributed by atoms with Crippen LogP contribution in [0, 0.1) is 5.41 Å². The zero-order valence-corrected chi connectivity index (χ0v) is 10.3. The Morgan fingerprint density at radius 1 is 1.36 bits per heavy atom. The molecule has 0 radical (unpaired) electrons. The van der Waals surface area contributed by atoms with E-state index in [9.17, 15) is 8.42 Å². The number of hydrogen-bond donors (Lipinski definition) is 2. The highest BCUT2D eigenvalue weighted by molar-refractivity contribution is 7.89. The van der Waals surface area contributed by atoms with Gasteiger partial charge in [-0.15, -0.1) is 0 Å². The third-order valence-electron chi connectivity index (χ3n) is 1.54. The van der Waals surface area contributed by atoms with E-state index in [1.54, 1.807) is 0 Å². The summed E-state index contributed by atoms with van der Waals surface area (Å²) in [6.45, 7) is 7.99. The Kier molecular flexibility index (Phi) is 5.05. The van der Waals surface area contributed by atoms with Crippen molar-refractivity contribution in [1.29, 1.82) is 0 Å². The quantitative estimate of drug-likeness (QED) is 0.719. The molecule has 0 aromatic carbocycles. The normalized spacial score (nSPS) is 15.5. The number of nitrogens with one attached hydrogen (secondary N) is 1. The summed E-state index contributed by atoms with van der Waals surface area (Å²) in [5, 5.41) is 0. The molecule has 0 saturated carbocycles. The summed E-state index contributed by atoms with van der Waals surface area (Å²) in [5.74, 6) is 0.152. The minimum Gasteiger partial charge on any atom is -0.328 e. The van der Waals surface area contributed by atoms with Crippen LogP contribution in [-0.2, 0) is 10.0 Å². The summed E-state index contributed by atoms with van der Waals surface area (Å²) in [5.41, 5.74) is 5.31. The fourth-order valence-corrected chi connectivity index (χ4v) is 2.73. The summed E-state index contributed by atoms with van der Waals surface area (Å²) in [6, 6.07) is 0.0346. The van der Waals surface area contributed by atoms with Gasteiger partial charge in [-0.1, -0.05) is 20.8 Å². The van der Waals surface area contributed by atoms with Gasteiger partial charge in [0, 0.05) is 12.6 Å². The molecule has 0 aliphatic rings. The van der Waals surface area contributed by atoms with Crippen molar-refractivity contribution in [1.82, 2.24) is 4.72 Å². The lowest BCUT2D eigenvalue weighted by Gasteiger charge is -2.18. The topological polar surface area (TPSA) is 72.2 Å². The van der Waals surface area contributed by atoms with Gasteiger partial charge in [-0.2, -0.15) is 0 Å². The Balaban J connectivity index is 3.98. The molecule has 5 heteroatoms. The van der Waals surface area contributed by atoms with Crippen LogP contribution in [0.3, 0.4) is 0 Å². The highest BCUT2D eigenvalue weighted by Crippen LogP contribution is 2.15. The molecule has 0 aromatic rings. The molecule has 4 nitrogen and oxygen atoms in total. The number of rotatable bonds is 5. The summed E-state index contributed by atoms with van der Waals surface area (Å²) in [6.07, 6.45) is 0.670. The number of nitrogens with two attached hydrogens (primary N) is 1. The van der Waals surface area contributed by atoms with Gasteiger partial charge in [-0.05, 0) is 18.8 Å². The molecule has 0 amide bonds. The molecule has 0 fully saturated rings. The Morgan fingerprint density at radius 3 is 2.21 bits per heavy atom. The Hall–Kier alpha value is -0.130. The molecule has 86 valence electrons. The van der Waals surface area contributed by atoms with Crippen LogP contribution >= 0.6 is 0 Å². The second-order valence-electron chi connectivity index (χ2n) is 4.98. The van der Waals surface area contributed by atoms with Crippen molar-refractivity contribution < 1.29 is 8.42 Å². The van der Waals surface area contributed by atoms with Crippen molar-refractivity contribution >= 4 is 10.0 Å². The monoisotopic (exact) mass is 222 g/mol. The van der Waals surface area contributed by atoms with Crippen LogP contribution in [0.5, 0.6) is 0 Å². The maximum atomic E-state index is 11.5. The van der Waals surface area contributed by atoms with E-state index in [4.69, 9.17) is 5.73 Å². The zero-order chi connectivity index (χ0) is 11.4. The maximum absolute atomic E-state index is 11.5. The molecule has 14 heavy (non-hydrogen) atoms. The average molecular weight is 222 g/mol. The van der Waals surface area contributed by atoms with Gasteiger partial charge in [-0.25, -0.2) is 13.1 Å². The van der Waals surface area contributed by atoms with E-state index in [0.717, 1.165) is 0 Å². The SMILES string of the molecule is CC(N)CCNS(=O)(=O)CC(C)(C)C. The minimum absolute atomic E-state index is 0.0346. The lowest BCUT2D eigenvalue weighted by molar-refractivity contribution is 0.457. The van der Waals surface area contributed by atoms with Gasteiger partial charge >= 0.3 is 0 Å². The third-order valence-corrected chi connectivity index (χ3v) is 3.43. The van der Waals surface area contributed by atoms with E-state index in [2.05, 4.69) is 4.72 Å². The lowest BCUT2D eigenvalue weighted by atomic mass is 10.0. The van der Waals surface area contributed by atoms with E-state index >= 15 is 0 Å². The molecule has 1 atom stereocenters. The summed E-state index contributed by atoms with van der Waals surface area (Å²) >= 11 is 0. The first kappa shape index (κ1) is 13.9. The van der Waals surface area contributed by atoms with Crippen LogP contribution < -0.4 is 10.5 Å². The van der Waals surface area contributed by atoms with Gasteiger partial charge in [0.25, 0.3) is 0 Å². The molecule has 0 heterocycles. The second-order valence-corrected chi connectivity index (χ2v) is 6.79. The Morgan fingerprint density at radius 2 is 1.86 bits per heavy atom. The van der Waals surface area contributed by atoms with Crippen molar-refractivity contribution in [2.24, 2.45) is 11.1 Å². The standard InChI is InChI=1S/C9H22N2O2S/c1-8(10)5-6-11-14(12,13)7-9(2,3)4/h8,11H,5-7,10H2,1-4H3. The largest absolute Gasteiger partial charge is 0.328 e. The summed E-state index contributed by atoms with van der Waals surface area (Å²) in [4.78, 5) is 0. The molecular formula is C9H22N2O2S. The van der Waals surface area contributed by atoms with Gasteiger partial charge in [-0.3, -0.25) is 0 Å². The first-order chi connectivity index (χ1) is 6.12. The number of sulfonamides is 1. The van der Waals surface area contributed by atoms with Gasteiger partial charge in [0.1, 0.15) is 0 Å². The molecule has 0 aromatic heterocycles. The van der Waals surface area contributed by atoms with Crippen LogP contribution in [0.15, 0.2) is 0 Å². The molecule has 0 aliphatic heterocycles. The molecule has 0 aliphatic carbocycles. The van der Waals surface area contributed by atoms with Crippen LogP contribution in [0.2, 0.25) is 0 Å². The van der Waals surface area contributed by atoms with E-state index in [1.807, 2.05) is 27.7 Å². The Labute approximate surface area is 87.3 Å². The maximum Gasteiger partial charge on any atom is 0.212 e. The van der Waals surface area contributed by atoms with E-state index in [1.165, 1.54) is 0 Å².